The number of aromatic hydroxyl groups is 1. The van der Waals surface area contributed by atoms with E-state index in [1.54, 1.807) is 12.1 Å². The maximum Gasteiger partial charge on any atom is 0.233 e. The van der Waals surface area contributed by atoms with E-state index in [0.29, 0.717) is 24.2 Å². The van der Waals surface area contributed by atoms with Gasteiger partial charge in [-0.05, 0) is 24.8 Å². The number of ether oxygens (including phenoxy) is 1. The molecule has 1 aromatic rings. The Morgan fingerprint density at radius 3 is 2.19 bits per heavy atom. The van der Waals surface area contributed by atoms with E-state index in [4.69, 9.17) is 4.74 Å². The van der Waals surface area contributed by atoms with Gasteiger partial charge in [0, 0.05) is 31.6 Å². The van der Waals surface area contributed by atoms with Gasteiger partial charge >= 0.3 is 0 Å². The smallest absolute Gasteiger partial charge is 0.233 e. The molecule has 2 aliphatic carbocycles. The summed E-state index contributed by atoms with van der Waals surface area (Å²) in [6, 6.07) is 4.92. The zero-order chi connectivity index (χ0) is 22.2. The molecule has 2 heterocycles. The first-order valence-electron chi connectivity index (χ1n) is 10.5. The van der Waals surface area contributed by atoms with E-state index in [9.17, 15) is 24.3 Å². The molecule has 0 radical (unpaired) electrons. The number of carbonyl (C=O) groups excluding carboxylic acids is 4. The fourth-order valence-corrected chi connectivity index (χ4v) is 6.16. The molecule has 5 rings (SSSR count). The first kappa shape index (κ1) is 19.8. The molecule has 4 aliphatic rings. The molecule has 0 aromatic heterocycles. The number of amides is 4. The number of hydrogen-bond acceptors (Lipinski definition) is 6. The Morgan fingerprint density at radius 2 is 1.55 bits per heavy atom. The first-order chi connectivity index (χ1) is 14.8. The summed E-state index contributed by atoms with van der Waals surface area (Å²) in [5, 5.41) is 10.8. The van der Waals surface area contributed by atoms with Gasteiger partial charge in [0.15, 0.2) is 0 Å². The number of phenolic OH excluding ortho intramolecular Hbond substituents is 1. The molecular formula is C23H24N2O6. The first-order valence-corrected chi connectivity index (χ1v) is 10.5. The van der Waals surface area contributed by atoms with Gasteiger partial charge in [-0.3, -0.25) is 29.0 Å². The maximum absolute atomic E-state index is 13.1. The lowest BCUT2D eigenvalue weighted by Crippen LogP contribution is -2.42. The highest BCUT2D eigenvalue weighted by atomic mass is 16.5. The van der Waals surface area contributed by atoms with E-state index in [1.165, 1.54) is 32.2 Å². The fraction of sp³-hybridized carbons (Fsp3) is 0.478. The van der Waals surface area contributed by atoms with Crippen LogP contribution in [0.15, 0.2) is 29.8 Å². The Hall–Kier alpha value is -3.16. The van der Waals surface area contributed by atoms with Gasteiger partial charge < -0.3 is 9.84 Å². The lowest BCUT2D eigenvalue weighted by molar-refractivity contribution is -0.140. The third-order valence-electron chi connectivity index (χ3n) is 7.66. The van der Waals surface area contributed by atoms with Crippen molar-refractivity contribution >= 4 is 23.6 Å². The van der Waals surface area contributed by atoms with Crippen molar-refractivity contribution in [2.45, 2.75) is 18.8 Å². The Bertz CT molecular complexity index is 1060. The van der Waals surface area contributed by atoms with E-state index in [-0.39, 0.29) is 35.3 Å². The van der Waals surface area contributed by atoms with Gasteiger partial charge in [-0.15, -0.1) is 0 Å². The fourth-order valence-electron chi connectivity index (χ4n) is 6.16. The second kappa shape index (κ2) is 6.67. The maximum atomic E-state index is 13.1. The molecule has 2 aliphatic heterocycles. The minimum Gasteiger partial charge on any atom is -0.508 e. The van der Waals surface area contributed by atoms with Crippen LogP contribution < -0.4 is 4.74 Å². The number of allylic oxidation sites excluding steroid dienone is 2. The van der Waals surface area contributed by atoms with Gasteiger partial charge in [0.25, 0.3) is 0 Å². The molecule has 4 amide bonds. The molecule has 1 aromatic carbocycles. The monoisotopic (exact) mass is 424 g/mol. The van der Waals surface area contributed by atoms with Crippen molar-refractivity contribution in [3.05, 3.63) is 35.4 Å². The summed E-state index contributed by atoms with van der Waals surface area (Å²) >= 11 is 0. The minimum atomic E-state index is -0.638. The zero-order valence-electron chi connectivity index (χ0n) is 17.6. The summed E-state index contributed by atoms with van der Waals surface area (Å²) in [4.78, 5) is 53.9. The Labute approximate surface area is 179 Å². The van der Waals surface area contributed by atoms with Crippen LogP contribution >= 0.6 is 0 Å². The van der Waals surface area contributed by atoms with Crippen LogP contribution in [0.5, 0.6) is 11.5 Å². The summed E-state index contributed by atoms with van der Waals surface area (Å²) < 4.78 is 5.19. The molecule has 2 saturated heterocycles. The van der Waals surface area contributed by atoms with Gasteiger partial charge in [-0.2, -0.15) is 0 Å². The lowest BCUT2D eigenvalue weighted by atomic mass is 9.57. The molecule has 8 heteroatoms. The van der Waals surface area contributed by atoms with Crippen molar-refractivity contribution in [3.63, 3.8) is 0 Å². The van der Waals surface area contributed by atoms with Gasteiger partial charge in [0.1, 0.15) is 11.5 Å². The zero-order valence-corrected chi connectivity index (χ0v) is 17.6. The summed E-state index contributed by atoms with van der Waals surface area (Å²) in [7, 11) is 4.48. The number of rotatable bonds is 2. The molecule has 6 unspecified atom stereocenters. The number of likely N-dealkylation sites (tertiary alicyclic amines) is 2. The van der Waals surface area contributed by atoms with Crippen molar-refractivity contribution in [2.75, 3.05) is 21.2 Å². The van der Waals surface area contributed by atoms with Gasteiger partial charge in [0.2, 0.25) is 23.6 Å². The molecular weight excluding hydrogens is 400 g/mol. The molecule has 8 nitrogen and oxygen atoms in total. The van der Waals surface area contributed by atoms with Crippen LogP contribution in [-0.4, -0.2) is 59.7 Å². The van der Waals surface area contributed by atoms with Crippen LogP contribution in [0.25, 0.3) is 0 Å². The predicted octanol–water partition coefficient (Wildman–Crippen LogP) is 1.30. The minimum absolute atomic E-state index is 0.0208. The molecule has 31 heavy (non-hydrogen) atoms. The number of phenols is 1. The number of benzene rings is 1. The van der Waals surface area contributed by atoms with E-state index in [1.807, 2.05) is 6.08 Å². The summed E-state index contributed by atoms with van der Waals surface area (Å²) in [6.45, 7) is 0. The van der Waals surface area contributed by atoms with E-state index >= 15 is 0 Å². The molecule has 1 N–H and O–H groups in total. The Morgan fingerprint density at radius 1 is 0.903 bits per heavy atom. The molecule has 0 bridgehead atoms. The largest absolute Gasteiger partial charge is 0.508 e. The number of fused-ring (bicyclic) bond motifs is 4. The number of hydrogen-bond donors (Lipinski definition) is 1. The second-order valence-electron chi connectivity index (χ2n) is 8.92. The SMILES string of the molecule is COc1ccc(C2C3=CCC4C(=O)N(C)C(=O)C4C3CC3C(=O)N(C)C(=O)C32)c(O)c1. The van der Waals surface area contributed by atoms with Gasteiger partial charge in [0.05, 0.1) is 30.8 Å². The summed E-state index contributed by atoms with van der Waals surface area (Å²) in [6.07, 6.45) is 2.72. The van der Waals surface area contributed by atoms with Crippen molar-refractivity contribution in [2.24, 2.45) is 29.6 Å². The highest BCUT2D eigenvalue weighted by Crippen LogP contribution is 2.58. The normalized spacial score (nSPS) is 34.5. The van der Waals surface area contributed by atoms with Crippen molar-refractivity contribution in [1.82, 2.24) is 9.80 Å². The van der Waals surface area contributed by atoms with Gasteiger partial charge in [-0.1, -0.05) is 17.7 Å². The van der Waals surface area contributed by atoms with E-state index in [2.05, 4.69) is 0 Å². The van der Waals surface area contributed by atoms with E-state index < -0.39 is 29.6 Å². The third kappa shape index (κ3) is 2.53. The second-order valence-corrected chi connectivity index (χ2v) is 8.92. The van der Waals surface area contributed by atoms with Crippen LogP contribution in [-0.2, 0) is 19.2 Å². The Balaban J connectivity index is 1.67. The van der Waals surface area contributed by atoms with Crippen LogP contribution in [0, 0.1) is 29.6 Å². The highest BCUT2D eigenvalue weighted by Gasteiger charge is 2.61. The molecule has 162 valence electrons. The standard InChI is InChI=1S/C23H24N2O6/c1-24-20(27)13-7-6-11-14(18(13)22(24)29)9-15-19(23(30)25(2)21(15)28)17(11)12-5-4-10(31-3)8-16(12)26/h4-6,8,13-15,17-19,26H,7,9H2,1-3H3. The average Bonchev–Trinajstić information content (AvgIpc) is 3.12. The number of carbonyl (C=O) groups is 4. The molecule has 3 fully saturated rings. The highest BCUT2D eigenvalue weighted by molar-refractivity contribution is 6.07. The van der Waals surface area contributed by atoms with Crippen LogP contribution in [0.4, 0.5) is 0 Å². The number of nitrogens with zero attached hydrogens (tertiary/aromatic N) is 2. The van der Waals surface area contributed by atoms with Crippen LogP contribution in [0.1, 0.15) is 24.3 Å². The quantitative estimate of drug-likeness (QED) is 0.567. The van der Waals surface area contributed by atoms with E-state index in [0.717, 1.165) is 10.5 Å². The van der Waals surface area contributed by atoms with Crippen LogP contribution in [0.2, 0.25) is 0 Å². The molecule has 1 saturated carbocycles. The number of imide groups is 2. The summed E-state index contributed by atoms with van der Waals surface area (Å²) in [5.41, 5.74) is 1.41. The van der Waals surface area contributed by atoms with Crippen molar-refractivity contribution in [1.29, 1.82) is 0 Å². The molecule has 0 spiro atoms. The lowest BCUT2D eigenvalue weighted by Gasteiger charge is -2.44. The molecule has 6 atom stereocenters. The predicted molar refractivity (Wildman–Crippen MR) is 108 cm³/mol. The summed E-state index contributed by atoms with van der Waals surface area (Å²) in [5.74, 6) is -3.55. The third-order valence-corrected chi connectivity index (χ3v) is 7.66. The average molecular weight is 424 g/mol. The Kier molecular flexibility index (Phi) is 4.26. The van der Waals surface area contributed by atoms with Crippen molar-refractivity contribution < 1.29 is 29.0 Å². The van der Waals surface area contributed by atoms with Gasteiger partial charge in [-0.25, -0.2) is 0 Å². The number of methoxy groups -OCH3 is 1. The van der Waals surface area contributed by atoms with Crippen molar-refractivity contribution in [3.8, 4) is 11.5 Å². The topological polar surface area (TPSA) is 104 Å². The van der Waals surface area contributed by atoms with Crippen LogP contribution in [0.3, 0.4) is 0 Å².